The smallest absolute Gasteiger partial charge is 0.224 e. The first-order valence-corrected chi connectivity index (χ1v) is 7.33. The van der Waals surface area contributed by atoms with Crippen LogP contribution in [0.5, 0.6) is 11.5 Å². The predicted molar refractivity (Wildman–Crippen MR) is 84.5 cm³/mol. The molecule has 0 heterocycles. The molecule has 2 aromatic rings. The number of fused-ring (bicyclic) bond motifs is 3. The zero-order valence-corrected chi connectivity index (χ0v) is 13.2. The molecule has 1 aliphatic carbocycles. The average Bonchev–Trinajstić information content (AvgIpc) is 2.62. The second-order valence-corrected chi connectivity index (χ2v) is 7.45. The Morgan fingerprint density at radius 2 is 1.67 bits per heavy atom. The first-order chi connectivity index (χ1) is 9.65. The molecule has 2 heteroatoms. The second kappa shape index (κ2) is 4.03. The number of benzene rings is 2. The van der Waals surface area contributed by atoms with Gasteiger partial charge in [-0.2, -0.15) is 0 Å². The molecule has 2 nitrogen and oxygen atoms in total. The van der Waals surface area contributed by atoms with Crippen LogP contribution in [-0.2, 0) is 15.9 Å². The summed E-state index contributed by atoms with van der Waals surface area (Å²) in [5.74, 6) is -0.319. The molecule has 0 atom stereocenters. The van der Waals surface area contributed by atoms with Gasteiger partial charge in [-0.15, -0.1) is 0 Å². The van der Waals surface area contributed by atoms with Gasteiger partial charge in [0.15, 0.2) is 5.75 Å². The zero-order valence-electron chi connectivity index (χ0n) is 13.2. The first kappa shape index (κ1) is 14.0. The Bertz CT molecular complexity index is 734. The number of hydrogen-bond acceptors (Lipinski definition) is 1. The Labute approximate surface area is 126 Å². The quantitative estimate of drug-likeness (QED) is 0.713. The Hall–Kier alpha value is -1.96. The maximum atomic E-state index is 12.6. The van der Waals surface area contributed by atoms with Gasteiger partial charge in [-0.1, -0.05) is 58.9 Å². The molecular formula is C19H21O2. The molecule has 0 fully saturated rings. The fourth-order valence-electron chi connectivity index (χ4n) is 3.45. The van der Waals surface area contributed by atoms with E-state index in [-0.39, 0.29) is 22.3 Å². The lowest BCUT2D eigenvalue weighted by molar-refractivity contribution is 0.309. The summed E-state index contributed by atoms with van der Waals surface area (Å²) in [7, 11) is 0. The first-order valence-electron chi connectivity index (χ1n) is 7.33. The van der Waals surface area contributed by atoms with Crippen LogP contribution in [0.3, 0.4) is 0 Å². The molecule has 1 N–H and O–H groups in total. The van der Waals surface area contributed by atoms with Crippen LogP contribution in [0.1, 0.15) is 51.3 Å². The Morgan fingerprint density at radius 1 is 1.05 bits per heavy atom. The van der Waals surface area contributed by atoms with Crippen LogP contribution in [0.2, 0.25) is 0 Å². The van der Waals surface area contributed by atoms with E-state index in [1.54, 1.807) is 0 Å². The molecule has 0 saturated carbocycles. The van der Waals surface area contributed by atoms with E-state index in [9.17, 15) is 10.2 Å². The van der Waals surface area contributed by atoms with Gasteiger partial charge in [0.05, 0.1) is 0 Å². The van der Waals surface area contributed by atoms with E-state index in [0.717, 1.165) is 16.7 Å². The number of phenols is 1. The lowest BCUT2D eigenvalue weighted by atomic mass is 9.79. The number of phenolic OH excluding ortho intramolecular Hbond substituents is 1. The van der Waals surface area contributed by atoms with Crippen molar-refractivity contribution in [3.8, 4) is 22.6 Å². The predicted octanol–water partition coefficient (Wildman–Crippen LogP) is 5.14. The molecule has 0 bridgehead atoms. The van der Waals surface area contributed by atoms with Crippen molar-refractivity contribution < 1.29 is 10.2 Å². The summed E-state index contributed by atoms with van der Waals surface area (Å²) in [6.45, 7) is 10.1. The minimum Gasteiger partial charge on any atom is -0.504 e. The maximum Gasteiger partial charge on any atom is 0.224 e. The van der Waals surface area contributed by atoms with Gasteiger partial charge in [-0.25, -0.2) is 0 Å². The highest BCUT2D eigenvalue weighted by molar-refractivity contribution is 5.85. The number of hydrogen-bond donors (Lipinski definition) is 1. The molecular weight excluding hydrogens is 260 g/mol. The fraction of sp³-hybridized carbons (Fsp3) is 0.368. The zero-order chi connectivity index (χ0) is 15.6. The maximum absolute atomic E-state index is 12.6. The van der Waals surface area contributed by atoms with E-state index >= 15 is 0 Å². The van der Waals surface area contributed by atoms with Gasteiger partial charge >= 0.3 is 0 Å². The van der Waals surface area contributed by atoms with Crippen LogP contribution in [0.15, 0.2) is 30.3 Å². The molecule has 0 unspecified atom stereocenters. The van der Waals surface area contributed by atoms with Gasteiger partial charge in [0.25, 0.3) is 0 Å². The van der Waals surface area contributed by atoms with Crippen molar-refractivity contribution in [3.05, 3.63) is 47.0 Å². The van der Waals surface area contributed by atoms with Crippen molar-refractivity contribution in [2.75, 3.05) is 0 Å². The van der Waals surface area contributed by atoms with Gasteiger partial charge in [-0.3, -0.25) is 5.11 Å². The van der Waals surface area contributed by atoms with Crippen LogP contribution in [0.4, 0.5) is 0 Å². The van der Waals surface area contributed by atoms with Crippen molar-refractivity contribution >= 4 is 0 Å². The molecule has 109 valence electrons. The van der Waals surface area contributed by atoms with E-state index in [2.05, 4.69) is 26.0 Å². The molecule has 3 rings (SSSR count). The van der Waals surface area contributed by atoms with Gasteiger partial charge in [-0.05, 0) is 28.2 Å². The van der Waals surface area contributed by atoms with Crippen molar-refractivity contribution in [1.29, 1.82) is 0 Å². The summed E-state index contributed by atoms with van der Waals surface area (Å²) in [5.41, 5.74) is 4.10. The third-order valence-electron chi connectivity index (χ3n) is 4.58. The molecule has 1 aliphatic rings. The average molecular weight is 281 g/mol. The van der Waals surface area contributed by atoms with Gasteiger partial charge in [0.1, 0.15) is 0 Å². The molecule has 21 heavy (non-hydrogen) atoms. The van der Waals surface area contributed by atoms with E-state index in [1.807, 2.05) is 39.0 Å². The van der Waals surface area contributed by atoms with Crippen LogP contribution < -0.4 is 0 Å². The molecule has 0 aromatic heterocycles. The third kappa shape index (κ3) is 1.78. The van der Waals surface area contributed by atoms with Gasteiger partial charge < -0.3 is 5.11 Å². The summed E-state index contributed by atoms with van der Waals surface area (Å²) >= 11 is 0. The minimum absolute atomic E-state index is 0.0846. The molecule has 0 saturated heterocycles. The van der Waals surface area contributed by atoms with Gasteiger partial charge in [0.2, 0.25) is 5.75 Å². The summed E-state index contributed by atoms with van der Waals surface area (Å²) in [6, 6.07) is 10.1. The van der Waals surface area contributed by atoms with E-state index in [1.165, 1.54) is 5.56 Å². The van der Waals surface area contributed by atoms with Gasteiger partial charge in [0, 0.05) is 16.5 Å². The number of rotatable bonds is 0. The van der Waals surface area contributed by atoms with Crippen molar-refractivity contribution in [1.82, 2.24) is 0 Å². The normalized spacial score (nSPS) is 15.7. The summed E-state index contributed by atoms with van der Waals surface area (Å²) in [6.07, 6.45) is 0. The Morgan fingerprint density at radius 3 is 2.29 bits per heavy atom. The summed E-state index contributed by atoms with van der Waals surface area (Å²) in [5, 5.41) is 23.1. The van der Waals surface area contributed by atoms with Crippen molar-refractivity contribution in [2.24, 2.45) is 0 Å². The van der Waals surface area contributed by atoms with E-state index in [4.69, 9.17) is 0 Å². The molecule has 0 aliphatic heterocycles. The third-order valence-corrected chi connectivity index (χ3v) is 4.58. The molecule has 0 spiro atoms. The Balaban J connectivity index is 2.42. The van der Waals surface area contributed by atoms with Crippen molar-refractivity contribution in [3.63, 3.8) is 0 Å². The lowest BCUT2D eigenvalue weighted by Crippen LogP contribution is -2.16. The van der Waals surface area contributed by atoms with Crippen LogP contribution in [-0.4, -0.2) is 5.11 Å². The molecule has 2 aromatic carbocycles. The topological polar surface area (TPSA) is 40.1 Å². The summed E-state index contributed by atoms with van der Waals surface area (Å²) < 4.78 is 0. The van der Waals surface area contributed by atoms with Crippen LogP contribution in [0, 0.1) is 0 Å². The largest absolute Gasteiger partial charge is 0.504 e. The highest BCUT2D eigenvalue weighted by atomic mass is 16.3. The Kier molecular flexibility index (Phi) is 2.69. The van der Waals surface area contributed by atoms with Crippen molar-refractivity contribution in [2.45, 2.75) is 45.4 Å². The van der Waals surface area contributed by atoms with Crippen LogP contribution >= 0.6 is 0 Å². The highest BCUT2D eigenvalue weighted by Crippen LogP contribution is 2.56. The minimum atomic E-state index is -0.342. The SMILES string of the molecule is CC(C)(C)c1cc2c(c(O)c1[O])C(C)(C)c1ccccc1-2. The highest BCUT2D eigenvalue weighted by Gasteiger charge is 2.40. The molecule has 0 amide bonds. The molecule has 1 radical (unpaired) electrons. The fourth-order valence-corrected chi connectivity index (χ4v) is 3.45. The summed E-state index contributed by atoms with van der Waals surface area (Å²) in [4.78, 5) is 0. The standard InChI is InChI=1S/C19H21O2/c1-18(2,3)14-10-12-11-8-6-7-9-13(11)19(4,5)15(12)17(21)16(14)20/h6-10,21H,1-5H3. The lowest BCUT2D eigenvalue weighted by Gasteiger charge is -2.25. The second-order valence-electron chi connectivity index (χ2n) is 7.45. The van der Waals surface area contributed by atoms with Crippen LogP contribution in [0.25, 0.3) is 11.1 Å². The van der Waals surface area contributed by atoms with E-state index < -0.39 is 0 Å². The monoisotopic (exact) mass is 281 g/mol. The number of aromatic hydroxyl groups is 1. The van der Waals surface area contributed by atoms with E-state index in [0.29, 0.717) is 5.56 Å².